The molecule has 1 fully saturated rings. The molecule has 0 saturated heterocycles. The third kappa shape index (κ3) is 3.96. The number of benzene rings is 1. The van der Waals surface area contributed by atoms with E-state index in [9.17, 15) is 18.0 Å². The van der Waals surface area contributed by atoms with Crippen LogP contribution in [0.2, 0.25) is 0 Å². The molecule has 2 atom stereocenters. The molecule has 2 unspecified atom stereocenters. The third-order valence-electron chi connectivity index (χ3n) is 3.12. The van der Waals surface area contributed by atoms with Crippen LogP contribution in [0, 0.1) is 5.92 Å². The Hall–Kier alpha value is -1.56. The monoisotopic (exact) mass is 272 g/mol. The summed E-state index contributed by atoms with van der Waals surface area (Å²) in [6, 6.07) is 6.91. The molecule has 0 bridgehead atoms. The van der Waals surface area contributed by atoms with E-state index < -0.39 is 12.1 Å². The largest absolute Gasteiger partial charge is 0.471 e. The number of hydrogen-bond acceptors (Lipinski definition) is 2. The molecular formula is C13H15F3N2O. The minimum atomic E-state index is -4.86. The quantitative estimate of drug-likeness (QED) is 0.884. The summed E-state index contributed by atoms with van der Waals surface area (Å²) in [5, 5.41) is 5.14. The lowest BCUT2D eigenvalue weighted by molar-refractivity contribution is -0.167. The van der Waals surface area contributed by atoms with E-state index in [0.29, 0.717) is 18.5 Å². The fourth-order valence-corrected chi connectivity index (χ4v) is 1.82. The van der Waals surface area contributed by atoms with E-state index in [1.807, 2.05) is 11.4 Å². The zero-order valence-electron chi connectivity index (χ0n) is 10.4. The summed E-state index contributed by atoms with van der Waals surface area (Å²) in [5.74, 6) is -1.29. The highest BCUT2D eigenvalue weighted by molar-refractivity contribution is 5.94. The second-order valence-electron chi connectivity index (χ2n) is 4.85. The van der Waals surface area contributed by atoms with Gasteiger partial charge in [-0.15, -0.1) is 0 Å². The maximum atomic E-state index is 12.1. The Bertz CT molecular complexity index is 473. The van der Waals surface area contributed by atoms with E-state index in [4.69, 9.17) is 0 Å². The molecule has 1 aliphatic carbocycles. The van der Waals surface area contributed by atoms with Crippen LogP contribution in [0.4, 0.5) is 18.9 Å². The van der Waals surface area contributed by atoms with E-state index >= 15 is 0 Å². The summed E-state index contributed by atoms with van der Waals surface area (Å²) in [7, 11) is 0. The van der Waals surface area contributed by atoms with Gasteiger partial charge in [0.1, 0.15) is 0 Å². The topological polar surface area (TPSA) is 41.1 Å². The van der Waals surface area contributed by atoms with Crippen molar-refractivity contribution in [3.05, 3.63) is 29.8 Å². The van der Waals surface area contributed by atoms with Gasteiger partial charge in [-0.1, -0.05) is 19.1 Å². The van der Waals surface area contributed by atoms with Crippen LogP contribution in [0.15, 0.2) is 24.3 Å². The molecule has 2 N–H and O–H groups in total. The molecule has 0 spiro atoms. The second kappa shape index (κ2) is 5.21. The molecule has 0 aromatic heterocycles. The normalized spacial score (nSPS) is 22.1. The number of hydrogen-bond donors (Lipinski definition) is 2. The molecule has 1 saturated carbocycles. The van der Waals surface area contributed by atoms with E-state index in [0.717, 1.165) is 12.0 Å². The van der Waals surface area contributed by atoms with Gasteiger partial charge < -0.3 is 10.6 Å². The molecule has 1 aromatic rings. The molecule has 1 aliphatic rings. The van der Waals surface area contributed by atoms with Gasteiger partial charge in [0, 0.05) is 18.3 Å². The van der Waals surface area contributed by atoms with Crippen LogP contribution >= 0.6 is 0 Å². The van der Waals surface area contributed by atoms with Gasteiger partial charge in [-0.05, 0) is 30.0 Å². The first-order valence-electron chi connectivity index (χ1n) is 6.07. The zero-order valence-corrected chi connectivity index (χ0v) is 10.4. The number of anilines is 1. The van der Waals surface area contributed by atoms with E-state index in [1.165, 1.54) is 6.07 Å². The molecule has 0 heterocycles. The van der Waals surface area contributed by atoms with E-state index in [1.54, 1.807) is 12.1 Å². The number of carbonyl (C=O) groups is 1. The molecule has 0 aliphatic heterocycles. The number of carbonyl (C=O) groups excluding carboxylic acids is 1. The highest BCUT2D eigenvalue weighted by atomic mass is 19.4. The van der Waals surface area contributed by atoms with Crippen molar-refractivity contribution in [2.45, 2.75) is 32.1 Å². The number of amides is 1. The fraction of sp³-hybridized carbons (Fsp3) is 0.462. The predicted octanol–water partition coefficient (Wildman–Crippen LogP) is 2.69. The molecule has 104 valence electrons. The number of alkyl halides is 3. The Labute approximate surface area is 109 Å². The van der Waals surface area contributed by atoms with Crippen molar-refractivity contribution in [2.75, 3.05) is 5.32 Å². The Kier molecular flexibility index (Phi) is 3.80. The molecule has 1 amide bonds. The Morgan fingerprint density at radius 2 is 2.11 bits per heavy atom. The van der Waals surface area contributed by atoms with Gasteiger partial charge in [0.15, 0.2) is 0 Å². The number of halogens is 3. The van der Waals surface area contributed by atoms with Crippen molar-refractivity contribution in [1.82, 2.24) is 5.32 Å². The summed E-state index contributed by atoms with van der Waals surface area (Å²) in [6.45, 7) is 2.72. The van der Waals surface area contributed by atoms with Crippen LogP contribution in [0.3, 0.4) is 0 Å². The average Bonchev–Trinajstić information content (AvgIpc) is 3.02. The Morgan fingerprint density at radius 3 is 2.68 bits per heavy atom. The minimum Gasteiger partial charge on any atom is -0.318 e. The zero-order chi connectivity index (χ0) is 14.0. The predicted molar refractivity (Wildman–Crippen MR) is 65.5 cm³/mol. The maximum Gasteiger partial charge on any atom is 0.471 e. The van der Waals surface area contributed by atoms with Crippen molar-refractivity contribution in [3.8, 4) is 0 Å². The number of rotatable bonds is 4. The summed E-state index contributed by atoms with van der Waals surface area (Å²) in [6.07, 6.45) is -3.73. The highest BCUT2D eigenvalue weighted by Crippen LogP contribution is 2.29. The molecule has 19 heavy (non-hydrogen) atoms. The van der Waals surface area contributed by atoms with Crippen molar-refractivity contribution in [3.63, 3.8) is 0 Å². The first-order chi connectivity index (χ1) is 8.86. The van der Waals surface area contributed by atoms with Crippen molar-refractivity contribution >= 4 is 11.6 Å². The van der Waals surface area contributed by atoms with Gasteiger partial charge >= 0.3 is 12.1 Å². The van der Waals surface area contributed by atoms with Gasteiger partial charge in [-0.3, -0.25) is 4.79 Å². The summed E-state index contributed by atoms with van der Waals surface area (Å²) < 4.78 is 36.3. The van der Waals surface area contributed by atoms with E-state index in [-0.39, 0.29) is 5.69 Å². The van der Waals surface area contributed by atoms with Gasteiger partial charge in [0.05, 0.1) is 0 Å². The minimum absolute atomic E-state index is 0.158. The molecule has 6 heteroatoms. The van der Waals surface area contributed by atoms with Crippen molar-refractivity contribution < 1.29 is 18.0 Å². The van der Waals surface area contributed by atoms with Crippen LogP contribution in [-0.2, 0) is 11.3 Å². The highest BCUT2D eigenvalue weighted by Gasteiger charge is 2.38. The molecule has 2 rings (SSSR count). The molecule has 3 nitrogen and oxygen atoms in total. The molecule has 1 aromatic carbocycles. The third-order valence-corrected chi connectivity index (χ3v) is 3.12. The summed E-state index contributed by atoms with van der Waals surface area (Å²) in [5.41, 5.74) is 1.00. The van der Waals surface area contributed by atoms with Crippen LogP contribution in [0.25, 0.3) is 0 Å². The Morgan fingerprint density at radius 1 is 1.42 bits per heavy atom. The van der Waals surface area contributed by atoms with Crippen molar-refractivity contribution in [2.24, 2.45) is 5.92 Å². The van der Waals surface area contributed by atoms with Crippen molar-refractivity contribution in [1.29, 1.82) is 0 Å². The van der Waals surface area contributed by atoms with Crippen LogP contribution in [-0.4, -0.2) is 18.1 Å². The first-order valence-corrected chi connectivity index (χ1v) is 6.07. The Balaban J connectivity index is 1.93. The summed E-state index contributed by atoms with van der Waals surface area (Å²) in [4.78, 5) is 10.8. The second-order valence-corrected chi connectivity index (χ2v) is 4.85. The first kappa shape index (κ1) is 13.9. The van der Waals surface area contributed by atoms with Gasteiger partial charge in [0.2, 0.25) is 0 Å². The lowest BCUT2D eigenvalue weighted by atomic mass is 10.2. The summed E-state index contributed by atoms with van der Waals surface area (Å²) >= 11 is 0. The lowest BCUT2D eigenvalue weighted by Gasteiger charge is -2.09. The van der Waals surface area contributed by atoms with Crippen LogP contribution in [0.5, 0.6) is 0 Å². The van der Waals surface area contributed by atoms with Crippen LogP contribution < -0.4 is 10.6 Å². The smallest absolute Gasteiger partial charge is 0.318 e. The lowest BCUT2D eigenvalue weighted by Crippen LogP contribution is -2.30. The standard InChI is InChI=1S/C13H15F3N2O/c1-8-5-11(8)17-7-9-3-2-4-10(6-9)18-12(19)13(14,15)16/h2-4,6,8,11,17H,5,7H2,1H3,(H,18,19). The fourth-order valence-electron chi connectivity index (χ4n) is 1.82. The van der Waals surface area contributed by atoms with Gasteiger partial charge in [-0.2, -0.15) is 13.2 Å². The molecular weight excluding hydrogens is 257 g/mol. The average molecular weight is 272 g/mol. The van der Waals surface area contributed by atoms with E-state index in [2.05, 4.69) is 12.2 Å². The van der Waals surface area contributed by atoms with Gasteiger partial charge in [-0.25, -0.2) is 0 Å². The maximum absolute atomic E-state index is 12.1. The van der Waals surface area contributed by atoms with Gasteiger partial charge in [0.25, 0.3) is 0 Å². The van der Waals surface area contributed by atoms with Crippen LogP contribution in [0.1, 0.15) is 18.9 Å². The number of nitrogens with one attached hydrogen (secondary N) is 2. The molecule has 0 radical (unpaired) electrons. The SMILES string of the molecule is CC1CC1NCc1cccc(NC(=O)C(F)(F)F)c1.